The summed E-state index contributed by atoms with van der Waals surface area (Å²) in [4.78, 5) is 30.7. The Labute approximate surface area is 116 Å². The third-order valence-electron chi connectivity index (χ3n) is 3.23. The number of hydrogen-bond donors (Lipinski definition) is 2. The van der Waals surface area contributed by atoms with Gasteiger partial charge in [0.25, 0.3) is 5.91 Å². The van der Waals surface area contributed by atoms with Crippen LogP contribution >= 0.6 is 11.6 Å². The fourth-order valence-electron chi connectivity index (χ4n) is 1.67. The lowest BCUT2D eigenvalue weighted by Crippen LogP contribution is -2.42. The predicted octanol–water partition coefficient (Wildman–Crippen LogP) is 1.75. The SMILES string of the molecule is CCC(CC)(CNC(=O)c1cncc(Cl)n1)C(=O)O. The summed E-state index contributed by atoms with van der Waals surface area (Å²) >= 11 is 5.64. The molecule has 1 rings (SSSR count). The van der Waals surface area contributed by atoms with Gasteiger partial charge in [-0.3, -0.25) is 14.6 Å². The lowest BCUT2D eigenvalue weighted by molar-refractivity contribution is -0.149. The first-order valence-corrected chi connectivity index (χ1v) is 6.32. The molecule has 0 fully saturated rings. The Hall–Kier alpha value is -1.69. The van der Waals surface area contributed by atoms with E-state index < -0.39 is 17.3 Å². The molecule has 19 heavy (non-hydrogen) atoms. The minimum Gasteiger partial charge on any atom is -0.481 e. The van der Waals surface area contributed by atoms with E-state index in [9.17, 15) is 14.7 Å². The summed E-state index contributed by atoms with van der Waals surface area (Å²) < 4.78 is 0. The highest BCUT2D eigenvalue weighted by atomic mass is 35.5. The Balaban J connectivity index is 2.75. The van der Waals surface area contributed by atoms with Crippen LogP contribution in [0.3, 0.4) is 0 Å². The second kappa shape index (κ2) is 6.47. The highest BCUT2D eigenvalue weighted by Crippen LogP contribution is 2.25. The molecule has 1 amide bonds. The van der Waals surface area contributed by atoms with Crippen LogP contribution in [-0.4, -0.2) is 33.5 Å². The number of nitrogens with zero attached hydrogens (tertiary/aromatic N) is 2. The number of carboxylic acid groups (broad SMARTS) is 1. The van der Waals surface area contributed by atoms with Crippen molar-refractivity contribution in [3.05, 3.63) is 23.2 Å². The molecule has 0 aliphatic heterocycles. The fraction of sp³-hybridized carbons (Fsp3) is 0.500. The van der Waals surface area contributed by atoms with Crippen LogP contribution in [-0.2, 0) is 4.79 Å². The number of hydrogen-bond acceptors (Lipinski definition) is 4. The monoisotopic (exact) mass is 285 g/mol. The maximum absolute atomic E-state index is 11.8. The van der Waals surface area contributed by atoms with E-state index in [4.69, 9.17) is 11.6 Å². The molecule has 0 aromatic carbocycles. The summed E-state index contributed by atoms with van der Waals surface area (Å²) in [6.45, 7) is 3.61. The highest BCUT2D eigenvalue weighted by molar-refractivity contribution is 6.29. The van der Waals surface area contributed by atoms with E-state index in [1.165, 1.54) is 12.4 Å². The van der Waals surface area contributed by atoms with Crippen LogP contribution in [0.1, 0.15) is 37.2 Å². The minimum absolute atomic E-state index is 0.0440. The van der Waals surface area contributed by atoms with Crippen LogP contribution in [0.5, 0.6) is 0 Å². The van der Waals surface area contributed by atoms with E-state index in [0.717, 1.165) is 0 Å². The first-order valence-electron chi connectivity index (χ1n) is 5.94. The Morgan fingerprint density at radius 2 is 2.00 bits per heavy atom. The zero-order valence-electron chi connectivity index (χ0n) is 10.8. The summed E-state index contributed by atoms with van der Waals surface area (Å²) in [5, 5.41) is 11.9. The van der Waals surface area contributed by atoms with E-state index in [0.29, 0.717) is 12.8 Å². The van der Waals surface area contributed by atoms with Crippen LogP contribution < -0.4 is 5.32 Å². The number of carbonyl (C=O) groups is 2. The summed E-state index contributed by atoms with van der Waals surface area (Å²) in [6.07, 6.45) is 3.46. The Morgan fingerprint density at radius 3 is 2.47 bits per heavy atom. The molecule has 0 saturated heterocycles. The Morgan fingerprint density at radius 1 is 1.37 bits per heavy atom. The normalized spacial score (nSPS) is 11.1. The van der Waals surface area contributed by atoms with Crippen molar-refractivity contribution in [2.45, 2.75) is 26.7 Å². The number of aliphatic carboxylic acids is 1. The highest BCUT2D eigenvalue weighted by Gasteiger charge is 2.35. The van der Waals surface area contributed by atoms with E-state index in [1.54, 1.807) is 13.8 Å². The van der Waals surface area contributed by atoms with Crippen molar-refractivity contribution in [3.8, 4) is 0 Å². The molecule has 1 aromatic heterocycles. The van der Waals surface area contributed by atoms with Crippen molar-refractivity contribution in [1.82, 2.24) is 15.3 Å². The number of aromatic nitrogens is 2. The van der Waals surface area contributed by atoms with Gasteiger partial charge in [0.2, 0.25) is 0 Å². The lowest BCUT2D eigenvalue weighted by atomic mass is 9.82. The van der Waals surface area contributed by atoms with Crippen molar-refractivity contribution in [2.24, 2.45) is 5.41 Å². The van der Waals surface area contributed by atoms with Gasteiger partial charge in [-0.1, -0.05) is 25.4 Å². The number of carboxylic acids is 1. The van der Waals surface area contributed by atoms with Crippen LogP contribution in [0.4, 0.5) is 0 Å². The van der Waals surface area contributed by atoms with Crippen LogP contribution in [0.2, 0.25) is 5.15 Å². The average Bonchev–Trinajstić information content (AvgIpc) is 2.40. The van der Waals surface area contributed by atoms with Crippen LogP contribution in [0, 0.1) is 5.41 Å². The smallest absolute Gasteiger partial charge is 0.311 e. The van der Waals surface area contributed by atoms with Gasteiger partial charge >= 0.3 is 5.97 Å². The molecule has 0 aliphatic carbocycles. The summed E-state index contributed by atoms with van der Waals surface area (Å²) in [7, 11) is 0. The van der Waals surface area contributed by atoms with Gasteiger partial charge in [-0.2, -0.15) is 0 Å². The predicted molar refractivity (Wildman–Crippen MR) is 70.0 cm³/mol. The molecule has 1 heterocycles. The van der Waals surface area contributed by atoms with E-state index in [2.05, 4.69) is 15.3 Å². The first-order chi connectivity index (χ1) is 8.95. The van der Waals surface area contributed by atoms with Gasteiger partial charge in [0, 0.05) is 6.54 Å². The fourth-order valence-corrected chi connectivity index (χ4v) is 1.82. The van der Waals surface area contributed by atoms with Gasteiger partial charge in [-0.05, 0) is 12.8 Å². The number of nitrogens with one attached hydrogen (secondary N) is 1. The lowest BCUT2D eigenvalue weighted by Gasteiger charge is -2.26. The number of rotatable bonds is 6. The van der Waals surface area contributed by atoms with E-state index in [1.807, 2.05) is 0 Å². The van der Waals surface area contributed by atoms with E-state index >= 15 is 0 Å². The van der Waals surface area contributed by atoms with Gasteiger partial charge in [-0.25, -0.2) is 4.98 Å². The van der Waals surface area contributed by atoms with Crippen LogP contribution in [0.15, 0.2) is 12.4 Å². The summed E-state index contributed by atoms with van der Waals surface area (Å²) in [6, 6.07) is 0. The molecule has 6 nitrogen and oxygen atoms in total. The molecule has 0 radical (unpaired) electrons. The Bertz CT molecular complexity index is 475. The zero-order chi connectivity index (χ0) is 14.5. The molecular formula is C12H16ClN3O3. The molecule has 0 spiro atoms. The second-order valence-electron chi connectivity index (χ2n) is 4.20. The molecule has 2 N–H and O–H groups in total. The van der Waals surface area contributed by atoms with E-state index in [-0.39, 0.29) is 17.4 Å². The molecular weight excluding hydrogens is 270 g/mol. The average molecular weight is 286 g/mol. The zero-order valence-corrected chi connectivity index (χ0v) is 11.6. The number of amides is 1. The van der Waals surface area contributed by atoms with Crippen molar-refractivity contribution < 1.29 is 14.7 Å². The molecule has 0 unspecified atom stereocenters. The standard InChI is InChI=1S/C12H16ClN3O3/c1-3-12(4-2,11(18)19)7-15-10(17)8-5-14-6-9(13)16-8/h5-6H,3-4,7H2,1-2H3,(H,15,17)(H,18,19). The maximum Gasteiger partial charge on any atom is 0.311 e. The molecule has 104 valence electrons. The second-order valence-corrected chi connectivity index (χ2v) is 4.59. The van der Waals surface area contributed by atoms with Crippen molar-refractivity contribution >= 4 is 23.5 Å². The maximum atomic E-state index is 11.8. The number of halogens is 1. The van der Waals surface area contributed by atoms with Gasteiger partial charge in [-0.15, -0.1) is 0 Å². The van der Waals surface area contributed by atoms with Gasteiger partial charge in [0.15, 0.2) is 0 Å². The largest absolute Gasteiger partial charge is 0.481 e. The summed E-state index contributed by atoms with van der Waals surface area (Å²) in [5.74, 6) is -1.41. The van der Waals surface area contributed by atoms with Gasteiger partial charge in [0.1, 0.15) is 10.8 Å². The van der Waals surface area contributed by atoms with Gasteiger partial charge < -0.3 is 10.4 Å². The molecule has 0 atom stereocenters. The van der Waals surface area contributed by atoms with Gasteiger partial charge in [0.05, 0.1) is 17.8 Å². The Kier molecular flexibility index (Phi) is 5.23. The third-order valence-corrected chi connectivity index (χ3v) is 3.41. The van der Waals surface area contributed by atoms with Crippen molar-refractivity contribution in [1.29, 1.82) is 0 Å². The van der Waals surface area contributed by atoms with Crippen molar-refractivity contribution in [3.63, 3.8) is 0 Å². The molecule has 0 saturated carbocycles. The molecule has 0 bridgehead atoms. The molecule has 1 aromatic rings. The minimum atomic E-state index is -0.957. The first kappa shape index (κ1) is 15.4. The van der Waals surface area contributed by atoms with Crippen LogP contribution in [0.25, 0.3) is 0 Å². The summed E-state index contributed by atoms with van der Waals surface area (Å²) in [5.41, 5.74) is -0.888. The third kappa shape index (κ3) is 3.64. The topological polar surface area (TPSA) is 92.2 Å². The van der Waals surface area contributed by atoms with Crippen molar-refractivity contribution in [2.75, 3.05) is 6.54 Å². The molecule has 7 heteroatoms. The quantitative estimate of drug-likeness (QED) is 0.831. The number of carbonyl (C=O) groups excluding carboxylic acids is 1. The molecule has 0 aliphatic rings.